The molecule has 0 aromatic carbocycles. The summed E-state index contributed by atoms with van der Waals surface area (Å²) in [5.41, 5.74) is 0.991. The van der Waals surface area contributed by atoms with Gasteiger partial charge in [0.1, 0.15) is 10.7 Å². The monoisotopic (exact) mass is 208 g/mol. The lowest BCUT2D eigenvalue weighted by Gasteiger charge is -2.00. The van der Waals surface area contributed by atoms with Crippen molar-refractivity contribution in [2.45, 2.75) is 5.03 Å². The maximum Gasteiger partial charge on any atom is 0.123 e. The molecule has 0 spiro atoms. The second-order valence-corrected chi connectivity index (χ2v) is 4.13. The van der Waals surface area contributed by atoms with Crippen molar-refractivity contribution in [3.63, 3.8) is 0 Å². The van der Waals surface area contributed by atoms with Crippen molar-refractivity contribution >= 4 is 23.1 Å². The van der Waals surface area contributed by atoms with Gasteiger partial charge in [-0.15, -0.1) is 23.1 Å². The molecule has 0 aliphatic rings. The summed E-state index contributed by atoms with van der Waals surface area (Å²) in [6.07, 6.45) is 5.47. The summed E-state index contributed by atoms with van der Waals surface area (Å²) >= 11 is 3.32. The van der Waals surface area contributed by atoms with Gasteiger partial charge in [0.25, 0.3) is 0 Å². The molecular weight excluding hydrogens is 200 g/mol. The molecule has 2 rings (SSSR count). The molecule has 66 valence electrons. The predicted molar refractivity (Wildman–Crippen MR) is 57.1 cm³/mol. The molecular formula is C9H8N2S2. The first-order valence-corrected chi connectivity index (χ1v) is 5.91. The minimum atomic E-state index is 0.991. The van der Waals surface area contributed by atoms with Gasteiger partial charge in [-0.05, 0) is 17.7 Å². The van der Waals surface area contributed by atoms with E-state index in [2.05, 4.69) is 16.0 Å². The smallest absolute Gasteiger partial charge is 0.123 e. The van der Waals surface area contributed by atoms with Crippen molar-refractivity contribution in [1.82, 2.24) is 9.97 Å². The summed E-state index contributed by atoms with van der Waals surface area (Å²) < 4.78 is 0. The largest absolute Gasteiger partial charge is 0.251 e. The van der Waals surface area contributed by atoms with E-state index in [4.69, 9.17) is 0 Å². The molecule has 0 unspecified atom stereocenters. The molecule has 2 nitrogen and oxygen atoms in total. The van der Waals surface area contributed by atoms with Crippen LogP contribution in [0.5, 0.6) is 0 Å². The minimum absolute atomic E-state index is 0.991. The van der Waals surface area contributed by atoms with Crippen molar-refractivity contribution in [2.24, 2.45) is 0 Å². The number of thioether (sulfide) groups is 1. The van der Waals surface area contributed by atoms with E-state index in [0.717, 1.165) is 10.7 Å². The molecule has 0 aliphatic carbocycles. The second-order valence-electron chi connectivity index (χ2n) is 2.39. The van der Waals surface area contributed by atoms with Crippen LogP contribution in [0, 0.1) is 0 Å². The third kappa shape index (κ3) is 1.73. The third-order valence-electron chi connectivity index (χ3n) is 1.61. The molecule has 0 radical (unpaired) electrons. The summed E-state index contributed by atoms with van der Waals surface area (Å²) in [6, 6.07) is 4.09. The van der Waals surface area contributed by atoms with Gasteiger partial charge >= 0.3 is 0 Å². The van der Waals surface area contributed by atoms with Crippen molar-refractivity contribution in [3.8, 4) is 10.6 Å². The van der Waals surface area contributed by atoms with Crippen LogP contribution in [0.1, 0.15) is 0 Å². The zero-order chi connectivity index (χ0) is 9.10. The van der Waals surface area contributed by atoms with Crippen LogP contribution in [0.3, 0.4) is 0 Å². The van der Waals surface area contributed by atoms with Gasteiger partial charge in [-0.3, -0.25) is 4.98 Å². The molecule has 2 heterocycles. The van der Waals surface area contributed by atoms with Crippen molar-refractivity contribution < 1.29 is 0 Å². The Kier molecular flexibility index (Phi) is 2.61. The Labute approximate surface area is 85.1 Å². The molecule has 0 bridgehead atoms. The van der Waals surface area contributed by atoms with Gasteiger partial charge in [0, 0.05) is 12.4 Å². The van der Waals surface area contributed by atoms with Gasteiger partial charge in [-0.1, -0.05) is 6.07 Å². The molecule has 0 atom stereocenters. The van der Waals surface area contributed by atoms with Crippen LogP contribution in [0.25, 0.3) is 10.6 Å². The summed E-state index contributed by atoms with van der Waals surface area (Å²) in [7, 11) is 0. The highest BCUT2D eigenvalue weighted by Gasteiger charge is 2.06. The molecule has 0 amide bonds. The standard InChI is InChI=1S/C9H8N2S2/c1-12-9-8(10-4-5-11-9)7-3-2-6-13-7/h2-6H,1H3. The highest BCUT2D eigenvalue weighted by Crippen LogP contribution is 2.28. The molecule has 2 aromatic heterocycles. The Balaban J connectivity index is 2.51. The molecule has 13 heavy (non-hydrogen) atoms. The Hall–Kier alpha value is -0.870. The van der Waals surface area contributed by atoms with E-state index in [9.17, 15) is 0 Å². The number of thiophene rings is 1. The number of hydrogen-bond acceptors (Lipinski definition) is 4. The molecule has 0 saturated heterocycles. The highest BCUT2D eigenvalue weighted by molar-refractivity contribution is 7.98. The van der Waals surface area contributed by atoms with Gasteiger partial charge in [-0.2, -0.15) is 0 Å². The highest BCUT2D eigenvalue weighted by atomic mass is 32.2. The molecule has 0 aliphatic heterocycles. The number of hydrogen-bond donors (Lipinski definition) is 0. The third-order valence-corrected chi connectivity index (χ3v) is 3.17. The Morgan fingerprint density at radius 2 is 2.15 bits per heavy atom. The van der Waals surface area contributed by atoms with Gasteiger partial charge in [0.05, 0.1) is 4.88 Å². The van der Waals surface area contributed by atoms with Gasteiger partial charge in [0.2, 0.25) is 0 Å². The van der Waals surface area contributed by atoms with E-state index in [1.807, 2.05) is 17.7 Å². The fourth-order valence-corrected chi connectivity index (χ4v) is 2.37. The van der Waals surface area contributed by atoms with Crippen LogP contribution in [0.2, 0.25) is 0 Å². The maximum absolute atomic E-state index is 4.32. The lowest BCUT2D eigenvalue weighted by Crippen LogP contribution is -1.86. The van der Waals surface area contributed by atoms with Crippen molar-refractivity contribution in [2.75, 3.05) is 6.26 Å². The first-order chi connectivity index (χ1) is 6.42. The van der Waals surface area contributed by atoms with E-state index >= 15 is 0 Å². The summed E-state index contributed by atoms with van der Waals surface area (Å²) in [5.74, 6) is 0. The lowest BCUT2D eigenvalue weighted by molar-refractivity contribution is 1.07. The fourth-order valence-electron chi connectivity index (χ4n) is 1.06. The topological polar surface area (TPSA) is 25.8 Å². The Morgan fingerprint density at radius 3 is 2.85 bits per heavy atom. The zero-order valence-corrected chi connectivity index (χ0v) is 8.73. The predicted octanol–water partition coefficient (Wildman–Crippen LogP) is 2.93. The van der Waals surface area contributed by atoms with Crippen LogP contribution in [-0.2, 0) is 0 Å². The normalized spacial score (nSPS) is 10.2. The molecule has 2 aromatic rings. The van der Waals surface area contributed by atoms with E-state index < -0.39 is 0 Å². The minimum Gasteiger partial charge on any atom is -0.251 e. The number of nitrogens with zero attached hydrogens (tertiary/aromatic N) is 2. The van der Waals surface area contributed by atoms with Crippen molar-refractivity contribution in [3.05, 3.63) is 29.9 Å². The van der Waals surface area contributed by atoms with E-state index in [-0.39, 0.29) is 0 Å². The molecule has 4 heteroatoms. The zero-order valence-electron chi connectivity index (χ0n) is 7.10. The number of aromatic nitrogens is 2. The van der Waals surface area contributed by atoms with Crippen molar-refractivity contribution in [1.29, 1.82) is 0 Å². The fraction of sp³-hybridized carbons (Fsp3) is 0.111. The maximum atomic E-state index is 4.32. The molecule has 0 N–H and O–H groups in total. The van der Waals surface area contributed by atoms with Crippen LogP contribution >= 0.6 is 23.1 Å². The molecule has 0 saturated carbocycles. The Morgan fingerprint density at radius 1 is 1.31 bits per heavy atom. The average molecular weight is 208 g/mol. The Bertz CT molecular complexity index is 384. The second kappa shape index (κ2) is 3.89. The SMILES string of the molecule is CSc1nccnc1-c1cccs1. The summed E-state index contributed by atoms with van der Waals surface area (Å²) in [6.45, 7) is 0. The first kappa shape index (κ1) is 8.72. The quantitative estimate of drug-likeness (QED) is 0.710. The number of rotatable bonds is 2. The van der Waals surface area contributed by atoms with Gasteiger partial charge in [0.15, 0.2) is 0 Å². The van der Waals surface area contributed by atoms with Crippen LogP contribution in [0.4, 0.5) is 0 Å². The van der Waals surface area contributed by atoms with Gasteiger partial charge < -0.3 is 0 Å². The first-order valence-electron chi connectivity index (χ1n) is 3.80. The van der Waals surface area contributed by atoms with Crippen LogP contribution in [-0.4, -0.2) is 16.2 Å². The summed E-state index contributed by atoms with van der Waals surface area (Å²) in [4.78, 5) is 9.76. The summed E-state index contributed by atoms with van der Waals surface area (Å²) in [5, 5.41) is 3.04. The average Bonchev–Trinajstić information content (AvgIpc) is 2.70. The van der Waals surface area contributed by atoms with Crippen LogP contribution in [0.15, 0.2) is 34.9 Å². The van der Waals surface area contributed by atoms with Crippen LogP contribution < -0.4 is 0 Å². The van der Waals surface area contributed by atoms with E-state index in [1.54, 1.807) is 35.5 Å². The molecule has 0 fully saturated rings. The van der Waals surface area contributed by atoms with E-state index in [0.29, 0.717) is 0 Å². The van der Waals surface area contributed by atoms with E-state index in [1.165, 1.54) is 4.88 Å². The van der Waals surface area contributed by atoms with Gasteiger partial charge in [-0.25, -0.2) is 4.98 Å². The lowest BCUT2D eigenvalue weighted by atomic mass is 10.4.